The van der Waals surface area contributed by atoms with Crippen molar-refractivity contribution in [3.05, 3.63) is 16.5 Å². The average Bonchev–Trinajstić information content (AvgIpc) is 2.79. The zero-order valence-electron chi connectivity index (χ0n) is 11.8. The van der Waals surface area contributed by atoms with Crippen LogP contribution >= 0.6 is 11.3 Å². The topological polar surface area (TPSA) is 84.7 Å². The van der Waals surface area contributed by atoms with Crippen molar-refractivity contribution >= 4 is 21.4 Å². The Balaban J connectivity index is 1.99. The summed E-state index contributed by atoms with van der Waals surface area (Å²) in [6.45, 7) is 4.78. The quantitative estimate of drug-likeness (QED) is 0.805. The summed E-state index contributed by atoms with van der Waals surface area (Å²) in [6.07, 6.45) is -0.0986. The molecule has 0 spiro atoms. The molecule has 0 aliphatic carbocycles. The fourth-order valence-corrected chi connectivity index (χ4v) is 4.67. The predicted octanol–water partition coefficient (Wildman–Crippen LogP) is 0.124. The lowest BCUT2D eigenvalue weighted by Gasteiger charge is -2.29. The molecule has 114 valence electrons. The maximum atomic E-state index is 12.2. The number of nitrogens with one attached hydrogen (secondary N) is 1. The lowest BCUT2D eigenvalue weighted by Crippen LogP contribution is -2.45. The molecule has 20 heavy (non-hydrogen) atoms. The van der Waals surface area contributed by atoms with Crippen molar-refractivity contribution in [2.75, 3.05) is 33.3 Å². The summed E-state index contributed by atoms with van der Waals surface area (Å²) in [5.41, 5.74) is 6.51. The molecule has 1 fully saturated rings. The third-order valence-electron chi connectivity index (χ3n) is 3.29. The van der Waals surface area contributed by atoms with Crippen LogP contribution in [0.4, 0.5) is 0 Å². The van der Waals surface area contributed by atoms with Crippen molar-refractivity contribution in [1.29, 1.82) is 0 Å². The zero-order valence-corrected chi connectivity index (χ0v) is 13.4. The van der Waals surface area contributed by atoms with E-state index in [0.717, 1.165) is 23.5 Å². The highest BCUT2D eigenvalue weighted by Gasteiger charge is 2.23. The Morgan fingerprint density at radius 3 is 2.95 bits per heavy atom. The van der Waals surface area contributed by atoms with Gasteiger partial charge in [-0.1, -0.05) is 0 Å². The first-order chi connectivity index (χ1) is 9.42. The molecule has 1 unspecified atom stereocenters. The van der Waals surface area contributed by atoms with E-state index in [4.69, 9.17) is 10.5 Å². The van der Waals surface area contributed by atoms with Crippen molar-refractivity contribution in [3.8, 4) is 0 Å². The molecule has 1 aromatic rings. The van der Waals surface area contributed by atoms with Gasteiger partial charge < -0.3 is 15.4 Å². The summed E-state index contributed by atoms with van der Waals surface area (Å²) >= 11 is 1.23. The van der Waals surface area contributed by atoms with Crippen molar-refractivity contribution < 1.29 is 13.2 Å². The van der Waals surface area contributed by atoms with Crippen LogP contribution in [0, 0.1) is 6.92 Å². The Morgan fingerprint density at radius 1 is 1.60 bits per heavy atom. The molecule has 2 heterocycles. The number of ether oxygens (including phenoxy) is 1. The van der Waals surface area contributed by atoms with E-state index < -0.39 is 10.0 Å². The third kappa shape index (κ3) is 3.78. The van der Waals surface area contributed by atoms with Crippen LogP contribution in [0.25, 0.3) is 0 Å². The predicted molar refractivity (Wildman–Crippen MR) is 79.4 cm³/mol. The number of hydrogen-bond donors (Lipinski definition) is 2. The Morgan fingerprint density at radius 2 is 2.35 bits per heavy atom. The SMILES string of the molecule is Cc1cc(S(=O)(=O)NCC2CN(C)CCO2)sc1CN. The molecule has 6 nitrogen and oxygen atoms in total. The van der Waals surface area contributed by atoms with Gasteiger partial charge in [0.15, 0.2) is 0 Å². The molecule has 1 aliphatic rings. The average molecular weight is 319 g/mol. The number of nitrogens with two attached hydrogens (primary N) is 1. The molecule has 0 radical (unpaired) electrons. The lowest BCUT2D eigenvalue weighted by atomic mass is 10.3. The van der Waals surface area contributed by atoms with Crippen LogP contribution in [0.1, 0.15) is 10.4 Å². The smallest absolute Gasteiger partial charge is 0.250 e. The summed E-state index contributed by atoms with van der Waals surface area (Å²) in [4.78, 5) is 3.03. The molecule has 0 saturated carbocycles. The second-order valence-corrected chi connectivity index (χ2v) is 8.11. The highest BCUT2D eigenvalue weighted by atomic mass is 32.2. The van der Waals surface area contributed by atoms with Gasteiger partial charge in [-0.25, -0.2) is 13.1 Å². The van der Waals surface area contributed by atoms with E-state index in [9.17, 15) is 8.42 Å². The van der Waals surface area contributed by atoms with Crippen LogP contribution < -0.4 is 10.5 Å². The van der Waals surface area contributed by atoms with Gasteiger partial charge in [0.1, 0.15) is 4.21 Å². The van der Waals surface area contributed by atoms with Gasteiger partial charge in [0.2, 0.25) is 10.0 Å². The van der Waals surface area contributed by atoms with Gasteiger partial charge in [-0.3, -0.25) is 0 Å². The fraction of sp³-hybridized carbons (Fsp3) is 0.667. The molecule has 0 bridgehead atoms. The molecule has 1 aliphatic heterocycles. The van der Waals surface area contributed by atoms with Crippen LogP contribution in [0.5, 0.6) is 0 Å². The van der Waals surface area contributed by atoms with Crippen molar-refractivity contribution in [3.63, 3.8) is 0 Å². The Bertz CT molecular complexity index is 556. The third-order valence-corrected chi connectivity index (χ3v) is 6.45. The summed E-state index contributed by atoms with van der Waals surface area (Å²) in [5.74, 6) is 0. The molecular weight excluding hydrogens is 298 g/mol. The number of thiophene rings is 1. The summed E-state index contributed by atoms with van der Waals surface area (Å²) in [7, 11) is -1.47. The molecule has 1 aromatic heterocycles. The molecule has 2 rings (SSSR count). The number of rotatable bonds is 5. The van der Waals surface area contributed by atoms with E-state index in [1.54, 1.807) is 6.07 Å². The first-order valence-corrected chi connectivity index (χ1v) is 8.81. The minimum Gasteiger partial charge on any atom is -0.374 e. The number of morpholine rings is 1. The maximum absolute atomic E-state index is 12.2. The van der Waals surface area contributed by atoms with Gasteiger partial charge in [-0.2, -0.15) is 0 Å². The number of hydrogen-bond acceptors (Lipinski definition) is 6. The molecule has 1 atom stereocenters. The minimum atomic E-state index is -3.47. The summed E-state index contributed by atoms with van der Waals surface area (Å²) in [6, 6.07) is 1.67. The van der Waals surface area contributed by atoms with E-state index in [-0.39, 0.29) is 6.10 Å². The number of likely N-dealkylation sites (N-methyl/N-ethyl adjacent to an activating group) is 1. The minimum absolute atomic E-state index is 0.0986. The van der Waals surface area contributed by atoms with Crippen molar-refractivity contribution in [2.24, 2.45) is 5.73 Å². The van der Waals surface area contributed by atoms with Gasteiger partial charge in [0.25, 0.3) is 0 Å². The zero-order chi connectivity index (χ0) is 14.8. The normalized spacial score (nSPS) is 21.2. The van der Waals surface area contributed by atoms with Crippen molar-refractivity contribution in [2.45, 2.75) is 23.8 Å². The van der Waals surface area contributed by atoms with Crippen LogP contribution in [0.3, 0.4) is 0 Å². The van der Waals surface area contributed by atoms with E-state index >= 15 is 0 Å². The molecule has 0 aromatic carbocycles. The highest BCUT2D eigenvalue weighted by Crippen LogP contribution is 2.25. The highest BCUT2D eigenvalue weighted by molar-refractivity contribution is 7.91. The maximum Gasteiger partial charge on any atom is 0.250 e. The standard InChI is InChI=1S/C12H21N3O3S2/c1-9-5-12(19-11(9)6-13)20(16,17)14-7-10-8-15(2)3-4-18-10/h5,10,14H,3-4,6-8,13H2,1-2H3. The number of nitrogens with zero attached hydrogens (tertiary/aromatic N) is 1. The lowest BCUT2D eigenvalue weighted by molar-refractivity contribution is -0.0156. The van der Waals surface area contributed by atoms with Crippen molar-refractivity contribution in [1.82, 2.24) is 9.62 Å². The fourth-order valence-electron chi connectivity index (χ4n) is 2.09. The molecule has 8 heteroatoms. The molecule has 0 amide bonds. The van der Waals surface area contributed by atoms with Gasteiger partial charge >= 0.3 is 0 Å². The van der Waals surface area contributed by atoms with E-state index in [2.05, 4.69) is 9.62 Å². The van der Waals surface area contributed by atoms with Gasteiger partial charge in [0.05, 0.1) is 12.7 Å². The first kappa shape index (κ1) is 15.9. The molecule has 3 N–H and O–H groups in total. The van der Waals surface area contributed by atoms with Gasteiger partial charge in [-0.05, 0) is 25.6 Å². The van der Waals surface area contributed by atoms with Crippen LogP contribution in [-0.4, -0.2) is 52.7 Å². The van der Waals surface area contributed by atoms with Crippen LogP contribution in [0.15, 0.2) is 10.3 Å². The Labute approximate surface area is 124 Å². The second-order valence-electron chi connectivity index (χ2n) is 4.98. The monoisotopic (exact) mass is 319 g/mol. The van der Waals surface area contributed by atoms with E-state index in [0.29, 0.717) is 23.9 Å². The summed E-state index contributed by atoms with van der Waals surface area (Å²) < 4.78 is 32.9. The Hall–Kier alpha value is -0.510. The largest absolute Gasteiger partial charge is 0.374 e. The molecule has 1 saturated heterocycles. The van der Waals surface area contributed by atoms with E-state index in [1.165, 1.54) is 11.3 Å². The van der Waals surface area contributed by atoms with Crippen LogP contribution in [-0.2, 0) is 21.3 Å². The molecular formula is C12H21N3O3S2. The first-order valence-electron chi connectivity index (χ1n) is 6.51. The van der Waals surface area contributed by atoms with Gasteiger partial charge in [0, 0.05) is 31.1 Å². The summed E-state index contributed by atoms with van der Waals surface area (Å²) in [5, 5.41) is 0. The van der Waals surface area contributed by atoms with Crippen LogP contribution in [0.2, 0.25) is 0 Å². The van der Waals surface area contributed by atoms with Gasteiger partial charge in [-0.15, -0.1) is 11.3 Å². The number of aryl methyl sites for hydroxylation is 1. The second kappa shape index (κ2) is 6.50. The Kier molecular flexibility index (Phi) is 5.16. The van der Waals surface area contributed by atoms with E-state index in [1.807, 2.05) is 14.0 Å². The number of sulfonamides is 1.